The molecule has 0 spiro atoms. The maximum atomic E-state index is 13.7. The Morgan fingerprint density at radius 1 is 1.17 bits per heavy atom. The van der Waals surface area contributed by atoms with E-state index in [9.17, 15) is 4.79 Å². The lowest BCUT2D eigenvalue weighted by molar-refractivity contribution is 0.0675. The summed E-state index contributed by atoms with van der Waals surface area (Å²) in [7, 11) is 1.83. The van der Waals surface area contributed by atoms with Gasteiger partial charge < -0.3 is 9.42 Å². The van der Waals surface area contributed by atoms with Crippen molar-refractivity contribution < 1.29 is 9.32 Å². The van der Waals surface area contributed by atoms with E-state index in [0.717, 1.165) is 31.4 Å². The summed E-state index contributed by atoms with van der Waals surface area (Å²) in [5.41, 5.74) is 2.32. The van der Waals surface area contributed by atoms with Crippen molar-refractivity contribution >= 4 is 29.1 Å². The van der Waals surface area contributed by atoms with Crippen LogP contribution in [0.15, 0.2) is 35.0 Å². The molecule has 0 bridgehead atoms. The summed E-state index contributed by atoms with van der Waals surface area (Å²) >= 11 is 12.8. The number of nitrogens with zero attached hydrogens (tertiary/aromatic N) is 4. The zero-order valence-corrected chi connectivity index (χ0v) is 17.9. The van der Waals surface area contributed by atoms with Crippen molar-refractivity contribution in [1.82, 2.24) is 19.8 Å². The Kier molecular flexibility index (Phi) is 5.65. The van der Waals surface area contributed by atoms with Gasteiger partial charge in [-0.2, -0.15) is 5.10 Å². The van der Waals surface area contributed by atoms with Gasteiger partial charge in [-0.15, -0.1) is 0 Å². The van der Waals surface area contributed by atoms with Crippen molar-refractivity contribution in [3.05, 3.63) is 57.5 Å². The van der Waals surface area contributed by atoms with Crippen LogP contribution in [0.1, 0.15) is 53.5 Å². The number of likely N-dealkylation sites (tertiary alicyclic amines) is 1. The van der Waals surface area contributed by atoms with Crippen molar-refractivity contribution in [2.45, 2.75) is 38.6 Å². The van der Waals surface area contributed by atoms with Crippen molar-refractivity contribution in [2.75, 3.05) is 6.54 Å². The van der Waals surface area contributed by atoms with Gasteiger partial charge in [0, 0.05) is 25.4 Å². The third-order valence-electron chi connectivity index (χ3n) is 5.35. The van der Waals surface area contributed by atoms with Crippen LogP contribution < -0.4 is 0 Å². The summed E-state index contributed by atoms with van der Waals surface area (Å²) in [4.78, 5) is 15.6. The van der Waals surface area contributed by atoms with Gasteiger partial charge in [-0.05, 0) is 25.8 Å². The van der Waals surface area contributed by atoms with Crippen LogP contribution >= 0.6 is 23.2 Å². The molecule has 1 aliphatic rings. The monoisotopic (exact) mass is 432 g/mol. The minimum Gasteiger partial charge on any atom is -0.360 e. The summed E-state index contributed by atoms with van der Waals surface area (Å²) < 4.78 is 7.10. The van der Waals surface area contributed by atoms with Gasteiger partial charge in [-0.1, -0.05) is 59.4 Å². The molecule has 152 valence electrons. The molecule has 3 aromatic rings. The smallest absolute Gasteiger partial charge is 0.260 e. The minimum atomic E-state index is -0.188. The molecular formula is C21H22Cl2N4O2. The summed E-state index contributed by atoms with van der Waals surface area (Å²) in [6.45, 7) is 2.38. The molecule has 0 radical (unpaired) electrons. The van der Waals surface area contributed by atoms with E-state index in [-0.39, 0.29) is 11.9 Å². The summed E-state index contributed by atoms with van der Waals surface area (Å²) in [6.07, 6.45) is 5.59. The van der Waals surface area contributed by atoms with Gasteiger partial charge >= 0.3 is 0 Å². The highest BCUT2D eigenvalue weighted by Gasteiger charge is 2.34. The van der Waals surface area contributed by atoms with Crippen LogP contribution in [0.5, 0.6) is 0 Å². The molecule has 0 aliphatic carbocycles. The Labute approximate surface area is 179 Å². The molecule has 1 amide bonds. The Morgan fingerprint density at radius 2 is 1.97 bits per heavy atom. The van der Waals surface area contributed by atoms with Gasteiger partial charge in [0.1, 0.15) is 22.7 Å². The third kappa shape index (κ3) is 3.79. The summed E-state index contributed by atoms with van der Waals surface area (Å²) in [5, 5.41) is 9.79. The Hall–Kier alpha value is -2.31. The zero-order valence-electron chi connectivity index (χ0n) is 16.4. The molecule has 1 saturated heterocycles. The lowest BCUT2D eigenvalue weighted by Gasteiger charge is -2.29. The first-order valence-corrected chi connectivity index (χ1v) is 10.4. The molecule has 4 rings (SSSR count). The van der Waals surface area contributed by atoms with E-state index in [2.05, 4.69) is 10.3 Å². The van der Waals surface area contributed by atoms with Crippen molar-refractivity contribution in [2.24, 2.45) is 7.05 Å². The molecule has 0 N–H and O–H groups in total. The van der Waals surface area contributed by atoms with Crippen LogP contribution in [0.4, 0.5) is 0 Å². The predicted octanol–water partition coefficient (Wildman–Crippen LogP) is 5.45. The molecule has 1 unspecified atom stereocenters. The van der Waals surface area contributed by atoms with E-state index in [1.807, 2.05) is 30.1 Å². The number of hydrogen-bond donors (Lipinski definition) is 0. The molecular weight excluding hydrogens is 411 g/mol. The molecule has 1 aliphatic heterocycles. The number of rotatable bonds is 3. The maximum Gasteiger partial charge on any atom is 0.260 e. The Morgan fingerprint density at radius 3 is 2.69 bits per heavy atom. The van der Waals surface area contributed by atoms with E-state index in [1.54, 1.807) is 23.9 Å². The Bertz CT molecular complexity index is 1040. The second-order valence-corrected chi connectivity index (χ2v) is 8.16. The van der Waals surface area contributed by atoms with Crippen molar-refractivity contribution in [3.8, 4) is 11.3 Å². The number of halogens is 2. The molecule has 1 atom stereocenters. The number of aromatic nitrogens is 3. The normalized spacial score (nSPS) is 17.4. The molecule has 1 aromatic carbocycles. The van der Waals surface area contributed by atoms with Crippen LogP contribution in [-0.2, 0) is 7.05 Å². The SMILES string of the molecule is Cc1onc(-c2ccccc2Cl)c1C(=O)N1CCCCCC1c1nn(C)cc1Cl. The predicted molar refractivity (Wildman–Crippen MR) is 112 cm³/mol. The van der Waals surface area contributed by atoms with Gasteiger partial charge in [0.25, 0.3) is 5.91 Å². The number of carbonyl (C=O) groups excluding carboxylic acids is 1. The number of amides is 1. The van der Waals surface area contributed by atoms with Crippen molar-refractivity contribution in [3.63, 3.8) is 0 Å². The number of hydrogen-bond acceptors (Lipinski definition) is 4. The third-order valence-corrected chi connectivity index (χ3v) is 5.97. The van der Waals surface area contributed by atoms with E-state index in [1.165, 1.54) is 0 Å². The summed E-state index contributed by atoms with van der Waals surface area (Å²) in [6, 6.07) is 7.13. The molecule has 1 fully saturated rings. The first kappa shape index (κ1) is 20.0. The fourth-order valence-corrected chi connectivity index (χ4v) is 4.47. The lowest BCUT2D eigenvalue weighted by atomic mass is 10.0. The second-order valence-electron chi connectivity index (χ2n) is 7.34. The van der Waals surface area contributed by atoms with Gasteiger partial charge in [0.05, 0.1) is 16.1 Å². The van der Waals surface area contributed by atoms with E-state index < -0.39 is 0 Å². The van der Waals surface area contributed by atoms with Crippen molar-refractivity contribution in [1.29, 1.82) is 0 Å². The first-order chi connectivity index (χ1) is 14.0. The van der Waals surface area contributed by atoms with Gasteiger partial charge in [0.15, 0.2) is 0 Å². The average Bonchev–Trinajstić information content (AvgIpc) is 3.13. The second kappa shape index (κ2) is 8.20. The van der Waals surface area contributed by atoms with Gasteiger partial charge in [-0.25, -0.2) is 0 Å². The molecule has 2 aromatic heterocycles. The van der Waals surface area contributed by atoms with E-state index in [4.69, 9.17) is 27.7 Å². The molecule has 6 nitrogen and oxygen atoms in total. The lowest BCUT2D eigenvalue weighted by Crippen LogP contribution is -2.35. The molecule has 0 saturated carbocycles. The van der Waals surface area contributed by atoms with Crippen LogP contribution in [0.2, 0.25) is 10.0 Å². The first-order valence-electron chi connectivity index (χ1n) is 9.68. The molecule has 3 heterocycles. The highest BCUT2D eigenvalue weighted by molar-refractivity contribution is 6.33. The molecule has 8 heteroatoms. The maximum absolute atomic E-state index is 13.7. The number of carbonyl (C=O) groups is 1. The van der Waals surface area contributed by atoms with E-state index >= 15 is 0 Å². The van der Waals surface area contributed by atoms with Crippen LogP contribution in [0.3, 0.4) is 0 Å². The Balaban J connectivity index is 1.77. The largest absolute Gasteiger partial charge is 0.360 e. The fraction of sp³-hybridized carbons (Fsp3) is 0.381. The van der Waals surface area contributed by atoms with Gasteiger partial charge in [0.2, 0.25) is 0 Å². The van der Waals surface area contributed by atoms with E-state index in [0.29, 0.717) is 39.2 Å². The standard InChI is InChI=1S/C21H22Cl2N4O2/c1-13-18(19(25-29-13)14-8-5-6-9-15(14)22)21(28)27-11-7-3-4-10-17(27)20-16(23)12-26(2)24-20/h5-6,8-9,12,17H,3-4,7,10-11H2,1-2H3. The zero-order chi connectivity index (χ0) is 20.5. The van der Waals surface area contributed by atoms with Crippen LogP contribution in [0, 0.1) is 6.92 Å². The highest BCUT2D eigenvalue weighted by atomic mass is 35.5. The summed E-state index contributed by atoms with van der Waals surface area (Å²) in [5.74, 6) is 0.340. The topological polar surface area (TPSA) is 64.2 Å². The molecule has 29 heavy (non-hydrogen) atoms. The van der Waals surface area contributed by atoms with Gasteiger partial charge in [-0.3, -0.25) is 9.48 Å². The van der Waals surface area contributed by atoms with Crippen LogP contribution in [-0.4, -0.2) is 32.3 Å². The minimum absolute atomic E-state index is 0.132. The fourth-order valence-electron chi connectivity index (χ4n) is 3.94. The highest BCUT2D eigenvalue weighted by Crippen LogP contribution is 2.37. The quantitative estimate of drug-likeness (QED) is 0.551. The number of benzene rings is 1. The number of aryl methyl sites for hydroxylation is 2. The average molecular weight is 433 g/mol. The van der Waals surface area contributed by atoms with Crippen LogP contribution in [0.25, 0.3) is 11.3 Å².